The minimum absolute atomic E-state index is 0.0697. The first-order chi connectivity index (χ1) is 11.1. The molecule has 1 aliphatic heterocycles. The second-order valence-corrected chi connectivity index (χ2v) is 6.26. The molecule has 1 atom stereocenters. The molecule has 23 heavy (non-hydrogen) atoms. The third-order valence-electron chi connectivity index (χ3n) is 4.35. The van der Waals surface area contributed by atoms with E-state index in [2.05, 4.69) is 16.5 Å². The van der Waals surface area contributed by atoms with E-state index in [0.29, 0.717) is 23.7 Å². The second-order valence-electron chi connectivity index (χ2n) is 5.82. The summed E-state index contributed by atoms with van der Waals surface area (Å²) in [6.45, 7) is 4.28. The third kappa shape index (κ3) is 3.20. The number of hydrogen-bond acceptors (Lipinski definition) is 3. The van der Waals surface area contributed by atoms with Crippen molar-refractivity contribution in [2.75, 3.05) is 13.1 Å². The summed E-state index contributed by atoms with van der Waals surface area (Å²) in [7, 11) is 0. The van der Waals surface area contributed by atoms with Crippen molar-refractivity contribution in [1.29, 1.82) is 0 Å². The zero-order valence-electron chi connectivity index (χ0n) is 13.1. The fourth-order valence-electron chi connectivity index (χ4n) is 3.18. The van der Waals surface area contributed by atoms with Gasteiger partial charge < -0.3 is 14.6 Å². The number of aryl methyl sites for hydroxylation is 1. The average Bonchev–Trinajstić information content (AvgIpc) is 3.03. The van der Waals surface area contributed by atoms with Crippen LogP contribution in [0.3, 0.4) is 0 Å². The van der Waals surface area contributed by atoms with Crippen LogP contribution in [-0.2, 0) is 6.54 Å². The highest BCUT2D eigenvalue weighted by Gasteiger charge is 2.28. The lowest BCUT2D eigenvalue weighted by atomic mass is 9.96. The maximum atomic E-state index is 12.7. The van der Waals surface area contributed by atoms with Crippen molar-refractivity contribution in [3.8, 4) is 5.75 Å². The summed E-state index contributed by atoms with van der Waals surface area (Å²) in [6.07, 6.45) is 5.74. The largest absolute Gasteiger partial charge is 0.507 e. The second kappa shape index (κ2) is 6.62. The smallest absolute Gasteiger partial charge is 0.257 e. The maximum Gasteiger partial charge on any atom is 0.257 e. The standard InChI is InChI=1S/C17H20ClN3O2/c1-2-20-9-7-19-16(20)12-4-3-8-21(11-12)17(23)14-6-5-13(18)10-15(14)22/h5-7,9-10,12,22H,2-4,8,11H2,1H3/t12-/m0/s1. The lowest BCUT2D eigenvalue weighted by Crippen LogP contribution is -2.39. The summed E-state index contributed by atoms with van der Waals surface area (Å²) >= 11 is 5.84. The average molecular weight is 334 g/mol. The van der Waals surface area contributed by atoms with Crippen molar-refractivity contribution < 1.29 is 9.90 Å². The van der Waals surface area contributed by atoms with Crippen LogP contribution in [0.25, 0.3) is 0 Å². The van der Waals surface area contributed by atoms with Crippen molar-refractivity contribution in [2.45, 2.75) is 32.2 Å². The van der Waals surface area contributed by atoms with Gasteiger partial charge in [0.2, 0.25) is 0 Å². The van der Waals surface area contributed by atoms with Gasteiger partial charge in [-0.2, -0.15) is 0 Å². The molecule has 1 saturated heterocycles. The SMILES string of the molecule is CCn1ccnc1[C@H]1CCCN(C(=O)c2ccc(Cl)cc2O)C1. The predicted octanol–water partition coefficient (Wildman–Crippen LogP) is 3.28. The molecular weight excluding hydrogens is 314 g/mol. The van der Waals surface area contributed by atoms with Gasteiger partial charge in [0.05, 0.1) is 5.56 Å². The maximum absolute atomic E-state index is 12.7. The zero-order chi connectivity index (χ0) is 16.4. The van der Waals surface area contributed by atoms with Crippen LogP contribution >= 0.6 is 11.6 Å². The normalized spacial score (nSPS) is 18.2. The summed E-state index contributed by atoms with van der Waals surface area (Å²) in [6, 6.07) is 4.61. The third-order valence-corrected chi connectivity index (χ3v) is 4.59. The molecule has 0 radical (unpaired) electrons. The number of benzene rings is 1. The van der Waals surface area contributed by atoms with Gasteiger partial charge in [-0.1, -0.05) is 11.6 Å². The Labute approximate surface area is 140 Å². The number of imidazole rings is 1. The molecular formula is C17H20ClN3O2. The lowest BCUT2D eigenvalue weighted by Gasteiger charge is -2.32. The number of halogens is 1. The Bertz CT molecular complexity index is 714. The number of aromatic nitrogens is 2. The van der Waals surface area contributed by atoms with E-state index in [9.17, 15) is 9.90 Å². The van der Waals surface area contributed by atoms with E-state index in [1.165, 1.54) is 6.07 Å². The van der Waals surface area contributed by atoms with Crippen LogP contribution in [0.4, 0.5) is 0 Å². The van der Waals surface area contributed by atoms with Gasteiger partial charge in [0.1, 0.15) is 11.6 Å². The quantitative estimate of drug-likeness (QED) is 0.937. The van der Waals surface area contributed by atoms with Gasteiger partial charge in [-0.25, -0.2) is 4.98 Å². The molecule has 0 unspecified atom stereocenters. The highest BCUT2D eigenvalue weighted by Crippen LogP contribution is 2.29. The van der Waals surface area contributed by atoms with E-state index in [1.54, 1.807) is 17.0 Å². The molecule has 1 N–H and O–H groups in total. The molecule has 1 aromatic carbocycles. The number of amides is 1. The van der Waals surface area contributed by atoms with Crippen LogP contribution in [0.1, 0.15) is 41.9 Å². The van der Waals surface area contributed by atoms with Crippen molar-refractivity contribution in [3.05, 3.63) is 47.0 Å². The molecule has 0 bridgehead atoms. The van der Waals surface area contributed by atoms with Crippen molar-refractivity contribution in [1.82, 2.24) is 14.5 Å². The Morgan fingerprint density at radius 3 is 3.04 bits per heavy atom. The summed E-state index contributed by atoms with van der Waals surface area (Å²) < 4.78 is 2.12. The van der Waals surface area contributed by atoms with Gasteiger partial charge in [0.15, 0.2) is 0 Å². The summed E-state index contributed by atoms with van der Waals surface area (Å²) in [5.41, 5.74) is 0.300. The number of phenolic OH excluding ortho intramolecular Hbond substituents is 1. The van der Waals surface area contributed by atoms with Crippen LogP contribution in [0.5, 0.6) is 5.75 Å². The number of phenols is 1. The molecule has 2 heterocycles. The fourth-order valence-corrected chi connectivity index (χ4v) is 3.34. The molecule has 6 heteroatoms. The first-order valence-electron chi connectivity index (χ1n) is 7.89. The van der Waals surface area contributed by atoms with Gasteiger partial charge >= 0.3 is 0 Å². The Balaban J connectivity index is 1.79. The molecule has 5 nitrogen and oxygen atoms in total. The minimum Gasteiger partial charge on any atom is -0.507 e. The molecule has 1 aliphatic rings. The van der Waals surface area contributed by atoms with Crippen molar-refractivity contribution >= 4 is 17.5 Å². The van der Waals surface area contributed by atoms with Gasteiger partial charge in [0.25, 0.3) is 5.91 Å². The van der Waals surface area contributed by atoms with Crippen molar-refractivity contribution in [3.63, 3.8) is 0 Å². The molecule has 1 fully saturated rings. The highest BCUT2D eigenvalue weighted by molar-refractivity contribution is 6.30. The van der Waals surface area contributed by atoms with E-state index in [4.69, 9.17) is 11.6 Å². The molecule has 0 aliphatic carbocycles. The molecule has 122 valence electrons. The number of aromatic hydroxyl groups is 1. The summed E-state index contributed by atoms with van der Waals surface area (Å²) in [5, 5.41) is 10.4. The van der Waals surface area contributed by atoms with Crippen LogP contribution in [-0.4, -0.2) is 38.6 Å². The van der Waals surface area contributed by atoms with Crippen molar-refractivity contribution in [2.24, 2.45) is 0 Å². The van der Waals surface area contributed by atoms with E-state index in [0.717, 1.165) is 25.2 Å². The van der Waals surface area contributed by atoms with E-state index in [-0.39, 0.29) is 17.6 Å². The number of carbonyl (C=O) groups excluding carboxylic acids is 1. The van der Waals surface area contributed by atoms with Gasteiger partial charge in [-0.15, -0.1) is 0 Å². The Kier molecular flexibility index (Phi) is 4.57. The highest BCUT2D eigenvalue weighted by atomic mass is 35.5. The number of carbonyl (C=O) groups is 1. The van der Waals surface area contributed by atoms with Crippen LogP contribution in [0, 0.1) is 0 Å². The van der Waals surface area contributed by atoms with E-state index in [1.807, 2.05) is 12.4 Å². The monoisotopic (exact) mass is 333 g/mol. The van der Waals surface area contributed by atoms with Gasteiger partial charge in [0, 0.05) is 43.0 Å². The van der Waals surface area contributed by atoms with Crippen LogP contribution in [0.15, 0.2) is 30.6 Å². The zero-order valence-corrected chi connectivity index (χ0v) is 13.8. The number of rotatable bonds is 3. The molecule has 0 saturated carbocycles. The Hall–Kier alpha value is -2.01. The van der Waals surface area contributed by atoms with Crippen LogP contribution in [0.2, 0.25) is 5.02 Å². The van der Waals surface area contributed by atoms with Crippen LogP contribution < -0.4 is 0 Å². The molecule has 1 amide bonds. The fraction of sp³-hybridized carbons (Fsp3) is 0.412. The molecule has 0 spiro atoms. The Morgan fingerprint density at radius 2 is 2.30 bits per heavy atom. The van der Waals surface area contributed by atoms with E-state index >= 15 is 0 Å². The minimum atomic E-state index is -0.154. The molecule has 2 aromatic rings. The van der Waals surface area contributed by atoms with Gasteiger partial charge in [-0.3, -0.25) is 4.79 Å². The first-order valence-corrected chi connectivity index (χ1v) is 8.26. The first kappa shape index (κ1) is 15.9. The predicted molar refractivity (Wildman–Crippen MR) is 88.9 cm³/mol. The number of nitrogens with zero attached hydrogens (tertiary/aromatic N) is 3. The van der Waals surface area contributed by atoms with E-state index < -0.39 is 0 Å². The molecule has 1 aromatic heterocycles. The van der Waals surface area contributed by atoms with Gasteiger partial charge in [-0.05, 0) is 38.0 Å². The summed E-state index contributed by atoms with van der Waals surface area (Å²) in [5.74, 6) is 1.04. The number of piperidine rings is 1. The Morgan fingerprint density at radius 1 is 1.48 bits per heavy atom. The number of hydrogen-bond donors (Lipinski definition) is 1. The lowest BCUT2D eigenvalue weighted by molar-refractivity contribution is 0.0700. The molecule has 3 rings (SSSR count). The number of likely N-dealkylation sites (tertiary alicyclic amines) is 1. The topological polar surface area (TPSA) is 58.4 Å². The summed E-state index contributed by atoms with van der Waals surface area (Å²) in [4.78, 5) is 19.0.